The maximum Gasteiger partial charge on any atom is 0.252 e. The molecule has 0 aliphatic heterocycles. The van der Waals surface area contributed by atoms with Crippen molar-refractivity contribution in [3.05, 3.63) is 64.9 Å². The Hall–Kier alpha value is -3.55. The van der Waals surface area contributed by atoms with Crippen molar-refractivity contribution < 1.29 is 4.79 Å². The van der Waals surface area contributed by atoms with Crippen molar-refractivity contribution in [1.29, 1.82) is 0 Å². The Balaban J connectivity index is 1.38. The summed E-state index contributed by atoms with van der Waals surface area (Å²) in [6, 6.07) is 9.94. The summed E-state index contributed by atoms with van der Waals surface area (Å²) in [5.41, 5.74) is 6.08. The molecule has 0 saturated heterocycles. The number of rotatable bonds is 5. The second kappa shape index (κ2) is 7.37. The molecule has 1 aliphatic rings. The van der Waals surface area contributed by atoms with Crippen LogP contribution in [0.25, 0.3) is 11.5 Å². The lowest BCUT2D eigenvalue weighted by Crippen LogP contribution is -2.17. The lowest BCUT2D eigenvalue weighted by molar-refractivity contribution is -0.116. The number of carbonyl (C=O) groups excluding carboxylic acids is 1. The van der Waals surface area contributed by atoms with Gasteiger partial charge in [-0.3, -0.25) is 4.79 Å². The molecule has 5 rings (SSSR count). The molecule has 1 amide bonds. The number of nitrogens with zero attached hydrogens (tertiary/aromatic N) is 6. The van der Waals surface area contributed by atoms with E-state index in [1.807, 2.05) is 48.9 Å². The Morgan fingerprint density at radius 2 is 2.00 bits per heavy atom. The largest absolute Gasteiger partial charge is 0.310 e. The van der Waals surface area contributed by atoms with Crippen molar-refractivity contribution in [3.8, 4) is 5.69 Å². The van der Waals surface area contributed by atoms with E-state index in [2.05, 4.69) is 20.4 Å². The Morgan fingerprint density at radius 1 is 1.17 bits per heavy atom. The zero-order valence-electron chi connectivity index (χ0n) is 17.1. The molecule has 8 heteroatoms. The first kappa shape index (κ1) is 18.5. The molecule has 152 valence electrons. The molecule has 3 aromatic heterocycles. The van der Waals surface area contributed by atoms with E-state index >= 15 is 0 Å². The van der Waals surface area contributed by atoms with Gasteiger partial charge in [-0.2, -0.15) is 15.2 Å². The molecule has 0 unspecified atom stereocenters. The molecular weight excluding hydrogens is 378 g/mol. The lowest BCUT2D eigenvalue weighted by atomic mass is 10.1. The SMILES string of the molecule is Cc1nc2ncnn2c(C)c1CCC(=O)Nc1c2c(nn1-c1ccccc1)CCC2. The van der Waals surface area contributed by atoms with Crippen LogP contribution in [0.5, 0.6) is 0 Å². The third-order valence-electron chi connectivity index (χ3n) is 5.76. The van der Waals surface area contributed by atoms with E-state index in [0.29, 0.717) is 18.6 Å². The fourth-order valence-corrected chi connectivity index (χ4v) is 4.23. The van der Waals surface area contributed by atoms with Gasteiger partial charge in [0.2, 0.25) is 5.91 Å². The summed E-state index contributed by atoms with van der Waals surface area (Å²) in [6.07, 6.45) is 5.43. The van der Waals surface area contributed by atoms with Crippen LogP contribution in [0.4, 0.5) is 5.82 Å². The van der Waals surface area contributed by atoms with Gasteiger partial charge in [-0.1, -0.05) is 18.2 Å². The molecule has 1 aliphatic carbocycles. The molecule has 3 heterocycles. The molecule has 0 radical (unpaired) electrons. The van der Waals surface area contributed by atoms with Gasteiger partial charge in [-0.15, -0.1) is 0 Å². The third-order valence-corrected chi connectivity index (χ3v) is 5.76. The summed E-state index contributed by atoms with van der Waals surface area (Å²) in [5.74, 6) is 1.36. The molecule has 8 nitrogen and oxygen atoms in total. The first-order valence-corrected chi connectivity index (χ1v) is 10.2. The molecular formula is C22H23N7O. The van der Waals surface area contributed by atoms with E-state index in [-0.39, 0.29) is 5.91 Å². The number of carbonyl (C=O) groups is 1. The van der Waals surface area contributed by atoms with Crippen molar-refractivity contribution in [2.75, 3.05) is 5.32 Å². The number of para-hydroxylation sites is 1. The first-order chi connectivity index (χ1) is 14.6. The van der Waals surface area contributed by atoms with Crippen molar-refractivity contribution in [2.24, 2.45) is 0 Å². The van der Waals surface area contributed by atoms with E-state index in [1.165, 1.54) is 6.33 Å². The number of nitrogens with one attached hydrogen (secondary N) is 1. The Labute approximate surface area is 174 Å². The molecule has 1 aromatic carbocycles. The van der Waals surface area contributed by atoms with Crippen LogP contribution in [0.3, 0.4) is 0 Å². The summed E-state index contributed by atoms with van der Waals surface area (Å²) >= 11 is 0. The van der Waals surface area contributed by atoms with Crippen molar-refractivity contribution in [2.45, 2.75) is 46.0 Å². The van der Waals surface area contributed by atoms with E-state index < -0.39 is 0 Å². The van der Waals surface area contributed by atoms with Gasteiger partial charge in [-0.25, -0.2) is 14.2 Å². The van der Waals surface area contributed by atoms with Crippen LogP contribution in [0.1, 0.15) is 41.1 Å². The average molecular weight is 401 g/mol. The molecule has 30 heavy (non-hydrogen) atoms. The number of fused-ring (bicyclic) bond motifs is 2. The number of amides is 1. The van der Waals surface area contributed by atoms with Gasteiger partial charge < -0.3 is 5.32 Å². The first-order valence-electron chi connectivity index (χ1n) is 10.2. The summed E-state index contributed by atoms with van der Waals surface area (Å²) < 4.78 is 3.58. The smallest absolute Gasteiger partial charge is 0.252 e. The number of hydrogen-bond acceptors (Lipinski definition) is 5. The van der Waals surface area contributed by atoms with Gasteiger partial charge in [0.1, 0.15) is 12.1 Å². The Morgan fingerprint density at radius 3 is 2.83 bits per heavy atom. The van der Waals surface area contributed by atoms with Gasteiger partial charge >= 0.3 is 0 Å². The summed E-state index contributed by atoms with van der Waals surface area (Å²) in [4.78, 5) is 21.5. The number of anilines is 1. The highest BCUT2D eigenvalue weighted by Gasteiger charge is 2.24. The van der Waals surface area contributed by atoms with E-state index in [9.17, 15) is 4.79 Å². The third kappa shape index (κ3) is 3.14. The monoisotopic (exact) mass is 401 g/mol. The Bertz CT molecular complexity index is 1240. The minimum Gasteiger partial charge on any atom is -0.310 e. The molecule has 0 saturated carbocycles. The normalized spacial score (nSPS) is 13.0. The topological polar surface area (TPSA) is 90.0 Å². The van der Waals surface area contributed by atoms with Gasteiger partial charge in [0.15, 0.2) is 0 Å². The van der Waals surface area contributed by atoms with Crippen LogP contribution in [-0.2, 0) is 24.1 Å². The molecule has 1 N–H and O–H groups in total. The van der Waals surface area contributed by atoms with Crippen LogP contribution in [-0.4, -0.2) is 35.3 Å². The highest BCUT2D eigenvalue weighted by atomic mass is 16.1. The number of benzene rings is 1. The van der Waals surface area contributed by atoms with Crippen molar-refractivity contribution in [1.82, 2.24) is 29.4 Å². The predicted molar refractivity (Wildman–Crippen MR) is 113 cm³/mol. The quantitative estimate of drug-likeness (QED) is 0.555. The maximum absolute atomic E-state index is 12.9. The Kier molecular flexibility index (Phi) is 4.54. The van der Waals surface area contributed by atoms with Gasteiger partial charge in [0.25, 0.3) is 5.78 Å². The minimum absolute atomic E-state index is 0.0285. The zero-order chi connectivity index (χ0) is 20.7. The highest BCUT2D eigenvalue weighted by molar-refractivity contribution is 5.91. The summed E-state index contributed by atoms with van der Waals surface area (Å²) in [5, 5.41) is 12.1. The highest BCUT2D eigenvalue weighted by Crippen LogP contribution is 2.31. The van der Waals surface area contributed by atoms with Gasteiger partial charge in [0.05, 0.1) is 11.4 Å². The molecule has 0 atom stereocenters. The van der Waals surface area contributed by atoms with Crippen molar-refractivity contribution in [3.63, 3.8) is 0 Å². The van der Waals surface area contributed by atoms with Crippen LogP contribution < -0.4 is 5.32 Å². The second-order valence-electron chi connectivity index (χ2n) is 7.66. The van der Waals surface area contributed by atoms with E-state index in [1.54, 1.807) is 4.52 Å². The average Bonchev–Trinajstić information content (AvgIpc) is 3.46. The predicted octanol–water partition coefficient (Wildman–Crippen LogP) is 2.99. The van der Waals surface area contributed by atoms with Gasteiger partial charge in [0, 0.05) is 23.4 Å². The van der Waals surface area contributed by atoms with E-state index in [0.717, 1.165) is 59.0 Å². The van der Waals surface area contributed by atoms with Crippen molar-refractivity contribution >= 4 is 17.5 Å². The van der Waals surface area contributed by atoms with E-state index in [4.69, 9.17) is 5.10 Å². The zero-order valence-corrected chi connectivity index (χ0v) is 17.1. The van der Waals surface area contributed by atoms with Gasteiger partial charge in [-0.05, 0) is 57.2 Å². The fraction of sp³-hybridized carbons (Fsp3) is 0.318. The number of aromatic nitrogens is 6. The second-order valence-corrected chi connectivity index (χ2v) is 7.66. The number of hydrogen-bond donors (Lipinski definition) is 1. The molecule has 0 fully saturated rings. The maximum atomic E-state index is 12.9. The summed E-state index contributed by atoms with van der Waals surface area (Å²) in [7, 11) is 0. The molecule has 0 bridgehead atoms. The summed E-state index contributed by atoms with van der Waals surface area (Å²) in [6.45, 7) is 3.94. The molecule has 4 aromatic rings. The van der Waals surface area contributed by atoms with Crippen LogP contribution in [0.15, 0.2) is 36.7 Å². The fourth-order valence-electron chi connectivity index (χ4n) is 4.23. The standard InChI is InChI=1S/C22H23N7O/c1-14-17(15(2)28-22(25-14)23-13-24-28)11-12-20(30)26-21-18-9-6-10-19(18)27-29(21)16-7-4-3-5-8-16/h3-5,7-8,13H,6,9-12H2,1-2H3,(H,26,30). The van der Waals surface area contributed by atoms with Crippen LogP contribution in [0.2, 0.25) is 0 Å². The lowest BCUT2D eigenvalue weighted by Gasteiger charge is -2.12. The van der Waals surface area contributed by atoms with Crippen LogP contribution in [0, 0.1) is 13.8 Å². The number of aryl methyl sites for hydroxylation is 3. The molecule has 0 spiro atoms. The minimum atomic E-state index is -0.0285. The van der Waals surface area contributed by atoms with Crippen LogP contribution >= 0.6 is 0 Å².